The Morgan fingerprint density at radius 2 is 1.56 bits per heavy atom. The number of allylic oxidation sites excluding steroid dienone is 2. The molecule has 0 saturated heterocycles. The standard InChI is InChI=1S/C20H19F3O2/c21-20(22,23)19(24)10-6-1-2-7-15-25-18-13-11-17(12-14-18)16-8-4-3-5-9-16/h3-6,8-14H,1-2,7,15H2/b10-6+. The molecule has 5 heteroatoms. The molecule has 2 rings (SSSR count). The average Bonchev–Trinajstić information content (AvgIpc) is 2.61. The lowest BCUT2D eigenvalue weighted by Gasteiger charge is -2.07. The molecule has 0 aliphatic carbocycles. The Bertz CT molecular complexity index is 689. The minimum absolute atomic E-state index is 0.415. The third kappa shape index (κ3) is 6.45. The van der Waals surface area contributed by atoms with Crippen molar-refractivity contribution in [3.63, 3.8) is 0 Å². The van der Waals surface area contributed by atoms with E-state index in [0.29, 0.717) is 31.9 Å². The molecule has 0 radical (unpaired) electrons. The van der Waals surface area contributed by atoms with E-state index in [2.05, 4.69) is 0 Å². The lowest BCUT2D eigenvalue weighted by atomic mass is 10.1. The maximum absolute atomic E-state index is 12.0. The van der Waals surface area contributed by atoms with Crippen molar-refractivity contribution in [2.24, 2.45) is 0 Å². The van der Waals surface area contributed by atoms with Crippen molar-refractivity contribution in [1.29, 1.82) is 0 Å². The Hall–Kier alpha value is -2.56. The first-order valence-electron chi connectivity index (χ1n) is 8.03. The lowest BCUT2D eigenvalue weighted by molar-refractivity contribution is -0.165. The van der Waals surface area contributed by atoms with Crippen molar-refractivity contribution in [2.75, 3.05) is 6.61 Å². The third-order valence-corrected chi connectivity index (χ3v) is 3.54. The summed E-state index contributed by atoms with van der Waals surface area (Å²) < 4.78 is 41.6. The predicted octanol–water partition coefficient (Wildman–Crippen LogP) is 5.59. The summed E-state index contributed by atoms with van der Waals surface area (Å²) in [7, 11) is 0. The second-order valence-corrected chi connectivity index (χ2v) is 5.50. The van der Waals surface area contributed by atoms with Gasteiger partial charge in [0.2, 0.25) is 0 Å². The Morgan fingerprint density at radius 1 is 0.920 bits per heavy atom. The fourth-order valence-electron chi connectivity index (χ4n) is 2.21. The number of alkyl halides is 3. The van der Waals surface area contributed by atoms with Gasteiger partial charge in [0.05, 0.1) is 6.61 Å². The van der Waals surface area contributed by atoms with Crippen molar-refractivity contribution in [1.82, 2.24) is 0 Å². The van der Waals surface area contributed by atoms with Gasteiger partial charge in [-0.25, -0.2) is 0 Å². The van der Waals surface area contributed by atoms with Gasteiger partial charge >= 0.3 is 6.18 Å². The molecule has 2 nitrogen and oxygen atoms in total. The smallest absolute Gasteiger partial charge is 0.454 e. The number of carbonyl (C=O) groups excluding carboxylic acids is 1. The minimum Gasteiger partial charge on any atom is -0.494 e. The number of rotatable bonds is 8. The second-order valence-electron chi connectivity index (χ2n) is 5.50. The normalized spacial score (nSPS) is 11.6. The Labute approximate surface area is 144 Å². The first kappa shape index (κ1) is 18.8. The van der Waals surface area contributed by atoms with Gasteiger partial charge in [0.1, 0.15) is 5.75 Å². The van der Waals surface area contributed by atoms with E-state index in [9.17, 15) is 18.0 Å². The third-order valence-electron chi connectivity index (χ3n) is 3.54. The molecule has 0 unspecified atom stereocenters. The van der Waals surface area contributed by atoms with E-state index in [1.807, 2.05) is 54.6 Å². The largest absolute Gasteiger partial charge is 0.494 e. The van der Waals surface area contributed by atoms with Crippen molar-refractivity contribution >= 4 is 5.78 Å². The fourth-order valence-corrected chi connectivity index (χ4v) is 2.21. The SMILES string of the molecule is O=C(/C=C/CCCCOc1ccc(-c2ccccc2)cc1)C(F)(F)F. The first-order valence-corrected chi connectivity index (χ1v) is 8.03. The molecule has 0 aliphatic rings. The molecule has 0 heterocycles. The van der Waals surface area contributed by atoms with Crippen LogP contribution in [0.2, 0.25) is 0 Å². The highest BCUT2D eigenvalue weighted by Gasteiger charge is 2.35. The maximum atomic E-state index is 12.0. The van der Waals surface area contributed by atoms with Crippen molar-refractivity contribution < 1.29 is 22.7 Å². The van der Waals surface area contributed by atoms with E-state index in [4.69, 9.17) is 4.74 Å². The van der Waals surface area contributed by atoms with E-state index >= 15 is 0 Å². The van der Waals surface area contributed by atoms with Crippen LogP contribution >= 0.6 is 0 Å². The minimum atomic E-state index is -4.79. The molecule has 0 amide bonds. The number of hydrogen-bond donors (Lipinski definition) is 0. The summed E-state index contributed by atoms with van der Waals surface area (Å²) in [5.74, 6) is -1.07. The molecule has 25 heavy (non-hydrogen) atoms. The molecule has 0 aliphatic heterocycles. The molecule has 0 bridgehead atoms. The van der Waals surface area contributed by atoms with Crippen LogP contribution in [0.4, 0.5) is 13.2 Å². The summed E-state index contributed by atoms with van der Waals surface area (Å²) in [4.78, 5) is 10.6. The van der Waals surface area contributed by atoms with Gasteiger partial charge in [-0.05, 0) is 48.6 Å². The molecule has 2 aromatic rings. The number of unbranched alkanes of at least 4 members (excludes halogenated alkanes) is 2. The van der Waals surface area contributed by atoms with Crippen molar-refractivity contribution in [2.45, 2.75) is 25.4 Å². The Kier molecular flexibility index (Phi) is 6.81. The molecular weight excluding hydrogens is 329 g/mol. The van der Waals surface area contributed by atoms with Gasteiger partial charge in [-0.15, -0.1) is 0 Å². The topological polar surface area (TPSA) is 26.3 Å². The van der Waals surface area contributed by atoms with Crippen molar-refractivity contribution in [3.05, 3.63) is 66.7 Å². The lowest BCUT2D eigenvalue weighted by Crippen LogP contribution is -2.19. The highest BCUT2D eigenvalue weighted by atomic mass is 19.4. The summed E-state index contributed by atoms with van der Waals surface area (Å²) >= 11 is 0. The van der Waals surface area contributed by atoms with E-state index in [1.165, 1.54) is 6.08 Å². The number of ketones is 1. The van der Waals surface area contributed by atoms with Gasteiger partial charge in [-0.1, -0.05) is 48.5 Å². The summed E-state index contributed by atoms with van der Waals surface area (Å²) in [5.41, 5.74) is 2.24. The summed E-state index contributed by atoms with van der Waals surface area (Å²) in [6.07, 6.45) is -1.17. The Morgan fingerprint density at radius 3 is 2.20 bits per heavy atom. The van der Waals surface area contributed by atoms with Gasteiger partial charge in [-0.3, -0.25) is 4.79 Å². The first-order chi connectivity index (χ1) is 12.0. The maximum Gasteiger partial charge on any atom is 0.454 e. The van der Waals surface area contributed by atoms with Gasteiger partial charge in [0, 0.05) is 0 Å². The number of carbonyl (C=O) groups is 1. The van der Waals surface area contributed by atoms with Crippen molar-refractivity contribution in [3.8, 4) is 16.9 Å². The second kappa shape index (κ2) is 9.06. The molecule has 0 saturated carbocycles. The highest BCUT2D eigenvalue weighted by Crippen LogP contribution is 2.22. The fraction of sp³-hybridized carbons (Fsp3) is 0.250. The van der Waals surface area contributed by atoms with Gasteiger partial charge < -0.3 is 4.74 Å². The monoisotopic (exact) mass is 348 g/mol. The van der Waals surface area contributed by atoms with E-state index in [1.54, 1.807) is 0 Å². The van der Waals surface area contributed by atoms with E-state index < -0.39 is 12.0 Å². The molecule has 132 valence electrons. The van der Waals surface area contributed by atoms with Crippen LogP contribution in [0.15, 0.2) is 66.7 Å². The van der Waals surface area contributed by atoms with Gasteiger partial charge in [0.25, 0.3) is 5.78 Å². The zero-order chi connectivity index (χ0) is 18.1. The summed E-state index contributed by atoms with van der Waals surface area (Å²) in [6, 6.07) is 17.8. The average molecular weight is 348 g/mol. The van der Waals surface area contributed by atoms with Crippen LogP contribution in [0.5, 0.6) is 5.75 Å². The van der Waals surface area contributed by atoms with E-state index in [-0.39, 0.29) is 0 Å². The predicted molar refractivity (Wildman–Crippen MR) is 91.4 cm³/mol. The van der Waals surface area contributed by atoms with Gasteiger partial charge in [-0.2, -0.15) is 13.2 Å². The Balaban J connectivity index is 1.67. The zero-order valence-corrected chi connectivity index (χ0v) is 13.6. The zero-order valence-electron chi connectivity index (χ0n) is 13.6. The quantitative estimate of drug-likeness (QED) is 0.459. The summed E-state index contributed by atoms with van der Waals surface area (Å²) in [6.45, 7) is 0.478. The molecule has 0 spiro atoms. The van der Waals surface area contributed by atoms with E-state index in [0.717, 1.165) is 16.9 Å². The molecule has 0 atom stereocenters. The molecule has 0 fully saturated rings. The number of ether oxygens (including phenoxy) is 1. The van der Waals surface area contributed by atoms with Crippen LogP contribution < -0.4 is 4.74 Å². The van der Waals surface area contributed by atoms with Crippen LogP contribution in [0.3, 0.4) is 0 Å². The molecule has 2 aromatic carbocycles. The van der Waals surface area contributed by atoms with Gasteiger partial charge in [0.15, 0.2) is 0 Å². The highest BCUT2D eigenvalue weighted by molar-refractivity contribution is 5.94. The number of hydrogen-bond acceptors (Lipinski definition) is 2. The van der Waals surface area contributed by atoms with Crippen LogP contribution in [-0.4, -0.2) is 18.6 Å². The van der Waals surface area contributed by atoms with Crippen LogP contribution in [0.1, 0.15) is 19.3 Å². The van der Waals surface area contributed by atoms with Crippen LogP contribution in [0, 0.1) is 0 Å². The molecular formula is C20H19F3O2. The number of halogens is 3. The molecule has 0 N–H and O–H groups in total. The van der Waals surface area contributed by atoms with Crippen LogP contribution in [-0.2, 0) is 4.79 Å². The summed E-state index contributed by atoms with van der Waals surface area (Å²) in [5, 5.41) is 0. The van der Waals surface area contributed by atoms with Crippen LogP contribution in [0.25, 0.3) is 11.1 Å². The number of benzene rings is 2. The molecule has 0 aromatic heterocycles.